The summed E-state index contributed by atoms with van der Waals surface area (Å²) in [6, 6.07) is 25.0. The molecule has 0 unspecified atom stereocenters. The maximum atomic E-state index is 8.80. The minimum absolute atomic E-state index is 0.483. The normalized spacial score (nSPS) is 12.7. The molecule has 1 aliphatic heterocycles. The van der Waals surface area contributed by atoms with Gasteiger partial charge in [-0.15, -0.1) is 0 Å². The zero-order chi connectivity index (χ0) is 23.5. The Morgan fingerprint density at radius 1 is 0.912 bits per heavy atom. The van der Waals surface area contributed by atoms with Crippen LogP contribution in [0.1, 0.15) is 23.6 Å². The number of hydrogen-bond donors (Lipinski definition) is 2. The summed E-state index contributed by atoms with van der Waals surface area (Å²) in [6.45, 7) is 2.90. The van der Waals surface area contributed by atoms with Crippen LogP contribution in [0.5, 0.6) is 0 Å². The first-order valence-corrected chi connectivity index (χ1v) is 12.0. The summed E-state index contributed by atoms with van der Waals surface area (Å²) < 4.78 is 0.961. The number of nitrogens with zero attached hydrogens (tertiary/aromatic N) is 1. The molecule has 3 nitrogen and oxygen atoms in total. The van der Waals surface area contributed by atoms with Crippen LogP contribution in [0.3, 0.4) is 0 Å². The van der Waals surface area contributed by atoms with Gasteiger partial charge in [-0.1, -0.05) is 64.5 Å². The molecule has 0 saturated carbocycles. The van der Waals surface area contributed by atoms with Gasteiger partial charge < -0.3 is 10.7 Å². The van der Waals surface area contributed by atoms with Crippen LogP contribution in [-0.4, -0.2) is 17.2 Å². The predicted molar refractivity (Wildman–Crippen MR) is 147 cm³/mol. The fourth-order valence-electron chi connectivity index (χ4n) is 4.25. The first kappa shape index (κ1) is 22.1. The standard InChI is InChI=1S/C30H24BrN3/c1-20(21-7-9-22(10-8-21)23-11-14-33-15-12-23)16-29(32)25-17-24(18-26(31)19-25)27-4-2-6-30-28(27)5-3-13-34-30/h2-12,14-19,32,34H,13H2,1H3/b20-16+,32-29?. The Hall–Kier alpha value is -3.76. The van der Waals surface area contributed by atoms with Crippen LogP contribution in [0.4, 0.5) is 5.69 Å². The highest BCUT2D eigenvalue weighted by molar-refractivity contribution is 9.10. The molecule has 0 amide bonds. The number of pyridine rings is 1. The lowest BCUT2D eigenvalue weighted by molar-refractivity contribution is 1.31. The lowest BCUT2D eigenvalue weighted by atomic mass is 9.94. The van der Waals surface area contributed by atoms with Crippen LogP contribution >= 0.6 is 15.9 Å². The molecule has 166 valence electrons. The Morgan fingerprint density at radius 3 is 2.47 bits per heavy atom. The van der Waals surface area contributed by atoms with Gasteiger partial charge in [0, 0.05) is 40.2 Å². The molecule has 34 heavy (non-hydrogen) atoms. The quantitative estimate of drug-likeness (QED) is 0.269. The van der Waals surface area contributed by atoms with Gasteiger partial charge >= 0.3 is 0 Å². The first-order valence-electron chi connectivity index (χ1n) is 11.2. The third kappa shape index (κ3) is 4.63. The van der Waals surface area contributed by atoms with Gasteiger partial charge in [-0.2, -0.15) is 0 Å². The number of hydrogen-bond acceptors (Lipinski definition) is 3. The molecule has 0 atom stereocenters. The minimum atomic E-state index is 0.483. The first-order chi connectivity index (χ1) is 16.6. The van der Waals surface area contributed by atoms with E-state index in [2.05, 4.69) is 99.9 Å². The summed E-state index contributed by atoms with van der Waals surface area (Å²) in [6.07, 6.45) is 9.86. The second-order valence-corrected chi connectivity index (χ2v) is 9.25. The van der Waals surface area contributed by atoms with Crippen molar-refractivity contribution >= 4 is 39.0 Å². The second-order valence-electron chi connectivity index (χ2n) is 8.33. The lowest BCUT2D eigenvalue weighted by Crippen LogP contribution is -2.05. The van der Waals surface area contributed by atoms with E-state index < -0.39 is 0 Å². The summed E-state index contributed by atoms with van der Waals surface area (Å²) in [5.41, 5.74) is 10.4. The van der Waals surface area contributed by atoms with E-state index in [-0.39, 0.29) is 0 Å². The van der Waals surface area contributed by atoms with Crippen LogP contribution in [-0.2, 0) is 0 Å². The summed E-state index contributed by atoms with van der Waals surface area (Å²) in [5.74, 6) is 0. The number of aromatic nitrogens is 1. The summed E-state index contributed by atoms with van der Waals surface area (Å²) >= 11 is 3.66. The molecular formula is C30H24BrN3. The van der Waals surface area contributed by atoms with E-state index in [0.717, 1.165) is 55.7 Å². The molecule has 3 aromatic carbocycles. The molecule has 0 bridgehead atoms. The van der Waals surface area contributed by atoms with Crippen molar-refractivity contribution in [3.63, 3.8) is 0 Å². The Morgan fingerprint density at radius 2 is 1.68 bits per heavy atom. The van der Waals surface area contributed by atoms with E-state index in [1.807, 2.05) is 24.3 Å². The molecule has 4 heteroatoms. The Labute approximate surface area is 208 Å². The molecule has 2 N–H and O–H groups in total. The van der Waals surface area contributed by atoms with Crippen LogP contribution in [0.2, 0.25) is 0 Å². The van der Waals surface area contributed by atoms with Crippen molar-refractivity contribution in [2.45, 2.75) is 6.92 Å². The van der Waals surface area contributed by atoms with E-state index in [1.54, 1.807) is 12.4 Å². The van der Waals surface area contributed by atoms with Crippen molar-refractivity contribution in [3.05, 3.63) is 119 Å². The van der Waals surface area contributed by atoms with Crippen molar-refractivity contribution in [3.8, 4) is 22.3 Å². The molecule has 1 aromatic heterocycles. The summed E-state index contributed by atoms with van der Waals surface area (Å²) in [4.78, 5) is 4.09. The van der Waals surface area contributed by atoms with Crippen LogP contribution in [0.25, 0.3) is 33.9 Å². The average Bonchev–Trinajstić information content (AvgIpc) is 2.88. The van der Waals surface area contributed by atoms with Gasteiger partial charge in [0.1, 0.15) is 0 Å². The number of rotatable bonds is 5. The summed E-state index contributed by atoms with van der Waals surface area (Å²) in [5, 5.41) is 12.2. The largest absolute Gasteiger partial charge is 0.381 e. The fraction of sp³-hybridized carbons (Fsp3) is 0.0667. The van der Waals surface area contributed by atoms with Crippen molar-refractivity contribution in [1.82, 2.24) is 4.98 Å². The van der Waals surface area contributed by atoms with E-state index in [1.165, 1.54) is 5.56 Å². The number of halogens is 1. The minimum Gasteiger partial charge on any atom is -0.381 e. The number of allylic oxidation sites excluding steroid dienone is 2. The molecule has 2 heterocycles. The molecule has 0 fully saturated rings. The molecule has 4 aromatic rings. The van der Waals surface area contributed by atoms with Gasteiger partial charge in [0.25, 0.3) is 0 Å². The Bertz CT molecular complexity index is 1420. The monoisotopic (exact) mass is 505 g/mol. The number of anilines is 1. The van der Waals surface area contributed by atoms with Crippen LogP contribution in [0.15, 0.2) is 102 Å². The Kier molecular flexibility index (Phi) is 6.24. The SMILES string of the molecule is C/C(=C\C(=N)c1cc(Br)cc(-c2cccc3c2C=CCN3)c1)c1ccc(-c2ccncc2)cc1. The van der Waals surface area contributed by atoms with Crippen LogP contribution in [0, 0.1) is 5.41 Å². The van der Waals surface area contributed by atoms with Gasteiger partial charge in [0.05, 0.1) is 5.71 Å². The fourth-order valence-corrected chi connectivity index (χ4v) is 4.74. The van der Waals surface area contributed by atoms with Gasteiger partial charge in [0.2, 0.25) is 0 Å². The Balaban J connectivity index is 1.43. The highest BCUT2D eigenvalue weighted by Gasteiger charge is 2.12. The predicted octanol–water partition coefficient (Wildman–Crippen LogP) is 8.09. The third-order valence-corrected chi connectivity index (χ3v) is 6.49. The molecule has 0 saturated heterocycles. The maximum absolute atomic E-state index is 8.80. The number of nitrogens with one attached hydrogen (secondary N) is 2. The van der Waals surface area contributed by atoms with Crippen molar-refractivity contribution < 1.29 is 0 Å². The van der Waals surface area contributed by atoms with Gasteiger partial charge in [-0.25, -0.2) is 0 Å². The van der Waals surface area contributed by atoms with E-state index in [9.17, 15) is 0 Å². The highest BCUT2D eigenvalue weighted by Crippen LogP contribution is 2.34. The topological polar surface area (TPSA) is 48.8 Å². The van der Waals surface area contributed by atoms with E-state index >= 15 is 0 Å². The van der Waals surface area contributed by atoms with Crippen molar-refractivity contribution in [2.75, 3.05) is 11.9 Å². The van der Waals surface area contributed by atoms with Gasteiger partial charge in [-0.3, -0.25) is 4.98 Å². The van der Waals surface area contributed by atoms with Crippen molar-refractivity contribution in [2.24, 2.45) is 0 Å². The number of fused-ring (bicyclic) bond motifs is 1. The molecule has 0 spiro atoms. The molecule has 5 rings (SSSR count). The molecule has 0 radical (unpaired) electrons. The zero-order valence-corrected chi connectivity index (χ0v) is 20.4. The van der Waals surface area contributed by atoms with E-state index in [4.69, 9.17) is 5.41 Å². The third-order valence-electron chi connectivity index (χ3n) is 6.04. The van der Waals surface area contributed by atoms with E-state index in [0.29, 0.717) is 5.71 Å². The average molecular weight is 506 g/mol. The lowest BCUT2D eigenvalue weighted by Gasteiger charge is -2.17. The highest BCUT2D eigenvalue weighted by atomic mass is 79.9. The van der Waals surface area contributed by atoms with Gasteiger partial charge in [-0.05, 0) is 82.8 Å². The van der Waals surface area contributed by atoms with Crippen LogP contribution < -0.4 is 5.32 Å². The zero-order valence-electron chi connectivity index (χ0n) is 18.8. The van der Waals surface area contributed by atoms with Crippen molar-refractivity contribution in [1.29, 1.82) is 5.41 Å². The smallest absolute Gasteiger partial charge is 0.0615 e. The molecular weight excluding hydrogens is 482 g/mol. The number of benzene rings is 3. The van der Waals surface area contributed by atoms with Gasteiger partial charge in [0.15, 0.2) is 0 Å². The summed E-state index contributed by atoms with van der Waals surface area (Å²) in [7, 11) is 0. The maximum Gasteiger partial charge on any atom is 0.0615 e. The molecule has 1 aliphatic rings. The molecule has 0 aliphatic carbocycles. The second kappa shape index (κ2) is 9.62.